The van der Waals surface area contributed by atoms with Gasteiger partial charge >= 0.3 is 12.1 Å². The highest BCUT2D eigenvalue weighted by molar-refractivity contribution is 7.90. The van der Waals surface area contributed by atoms with E-state index in [1.807, 2.05) is 0 Å². The summed E-state index contributed by atoms with van der Waals surface area (Å²) < 4.78 is 47.7. The number of hydrogen-bond acceptors (Lipinski definition) is 7. The predicted octanol–water partition coefficient (Wildman–Crippen LogP) is 5.08. The zero-order valence-electron chi connectivity index (χ0n) is 20.5. The third-order valence-corrected chi connectivity index (χ3v) is 6.22. The highest BCUT2D eigenvalue weighted by Crippen LogP contribution is 2.37. The largest absolute Gasteiger partial charge is 0.611 e. The first-order valence-electron chi connectivity index (χ1n) is 11.1. The summed E-state index contributed by atoms with van der Waals surface area (Å²) in [6.45, 7) is 5.38. The molecule has 8 nitrogen and oxygen atoms in total. The number of alkyl carbamates (subject to hydrolysis) is 1. The van der Waals surface area contributed by atoms with Crippen molar-refractivity contribution >= 4 is 23.2 Å². The van der Waals surface area contributed by atoms with Crippen molar-refractivity contribution in [2.75, 3.05) is 20.3 Å². The molecule has 2 aromatic carbocycles. The van der Waals surface area contributed by atoms with Crippen molar-refractivity contribution in [1.29, 1.82) is 0 Å². The van der Waals surface area contributed by atoms with Crippen molar-refractivity contribution in [3.63, 3.8) is 0 Å². The molecule has 3 rings (SSSR count). The van der Waals surface area contributed by atoms with Crippen molar-refractivity contribution in [2.24, 2.45) is 0 Å². The second-order valence-electron chi connectivity index (χ2n) is 8.70. The van der Waals surface area contributed by atoms with Gasteiger partial charge in [0.05, 0.1) is 26.2 Å². The number of nitrogens with one attached hydrogen (secondary N) is 1. The molecule has 192 valence electrons. The Morgan fingerprint density at radius 1 is 1.11 bits per heavy atom. The highest BCUT2D eigenvalue weighted by atomic mass is 32.2. The molecule has 1 amide bonds. The molecule has 0 bridgehead atoms. The van der Waals surface area contributed by atoms with E-state index in [0.717, 1.165) is 0 Å². The van der Waals surface area contributed by atoms with Crippen molar-refractivity contribution in [3.8, 4) is 16.9 Å². The first-order chi connectivity index (χ1) is 17.1. The summed E-state index contributed by atoms with van der Waals surface area (Å²) >= 11 is -1.57. The summed E-state index contributed by atoms with van der Waals surface area (Å²) in [5, 5.41) is 2.60. The van der Waals surface area contributed by atoms with Crippen LogP contribution in [0.3, 0.4) is 0 Å². The van der Waals surface area contributed by atoms with Crippen molar-refractivity contribution < 1.29 is 37.2 Å². The average molecular weight is 518 g/mol. The van der Waals surface area contributed by atoms with Crippen LogP contribution in [0.5, 0.6) is 5.75 Å². The molecule has 0 aliphatic heterocycles. The number of rotatable bonds is 9. The molecule has 0 spiro atoms. The second kappa shape index (κ2) is 12.0. The molecule has 3 aromatic rings. The molecule has 1 N–H and O–H groups in total. The maximum Gasteiger partial charge on any atom is 0.407 e. The molecule has 0 saturated heterocycles. The number of methoxy groups -OCH3 is 1. The molecule has 10 heteroatoms. The predicted molar refractivity (Wildman–Crippen MR) is 132 cm³/mol. The molecular formula is C26H28FNO7S. The Morgan fingerprint density at radius 3 is 2.44 bits per heavy atom. The zero-order chi connectivity index (χ0) is 26.3. The number of esters is 1. The van der Waals surface area contributed by atoms with Crippen LogP contribution < -0.4 is 10.1 Å². The molecule has 0 aliphatic rings. The lowest BCUT2D eigenvalue weighted by Gasteiger charge is -2.20. The molecule has 0 aliphatic carbocycles. The van der Waals surface area contributed by atoms with Gasteiger partial charge in [-0.1, -0.05) is 12.1 Å². The van der Waals surface area contributed by atoms with Crippen LogP contribution in [0, 0.1) is 5.82 Å². The maximum atomic E-state index is 13.3. The minimum atomic E-state index is -1.57. The van der Waals surface area contributed by atoms with Crippen LogP contribution in [-0.2, 0) is 26.4 Å². The standard InChI is InChI=1S/C26H28FNO7S/c1-26(2,3)35-25(30)28-12-14-34-23-21(17-11-13-33-15-17)10-5-18(22(23)24(29)32-4)16-36(31)20-8-6-19(27)7-9-20/h5-11,13,15H,12,14,16H2,1-4H3,(H,28,30). The minimum Gasteiger partial charge on any atom is -0.611 e. The zero-order valence-corrected chi connectivity index (χ0v) is 21.3. The first-order valence-corrected chi connectivity index (χ1v) is 12.4. The number of hydrogen-bond donors (Lipinski definition) is 1. The Hall–Kier alpha value is -3.50. The van der Waals surface area contributed by atoms with E-state index in [0.29, 0.717) is 21.6 Å². The maximum absolute atomic E-state index is 13.3. The van der Waals surface area contributed by atoms with Crippen LogP contribution in [0.1, 0.15) is 36.7 Å². The Labute approximate surface area is 211 Å². The molecule has 1 unspecified atom stereocenters. The number of benzene rings is 2. The van der Waals surface area contributed by atoms with Gasteiger partial charge < -0.3 is 28.5 Å². The number of amides is 1. The lowest BCUT2D eigenvalue weighted by molar-refractivity contribution is 0.0516. The average Bonchev–Trinajstić information content (AvgIpc) is 3.35. The third kappa shape index (κ3) is 7.25. The number of halogens is 1. The van der Waals surface area contributed by atoms with Crippen LogP contribution in [0.25, 0.3) is 11.1 Å². The Morgan fingerprint density at radius 2 is 1.83 bits per heavy atom. The normalized spacial score (nSPS) is 12.1. The second-order valence-corrected chi connectivity index (χ2v) is 10.2. The van der Waals surface area contributed by atoms with E-state index >= 15 is 0 Å². The highest BCUT2D eigenvalue weighted by Gasteiger charge is 2.26. The topological polar surface area (TPSA) is 110 Å². The Bertz CT molecular complexity index is 1170. The molecule has 1 heterocycles. The fourth-order valence-electron chi connectivity index (χ4n) is 3.30. The van der Waals surface area contributed by atoms with Crippen LogP contribution in [0.4, 0.5) is 9.18 Å². The van der Waals surface area contributed by atoms with Gasteiger partial charge in [-0.25, -0.2) is 14.0 Å². The van der Waals surface area contributed by atoms with Gasteiger partial charge in [0.2, 0.25) is 0 Å². The number of furan rings is 1. The van der Waals surface area contributed by atoms with Crippen LogP contribution in [0.2, 0.25) is 0 Å². The van der Waals surface area contributed by atoms with Gasteiger partial charge in [-0.15, -0.1) is 0 Å². The van der Waals surface area contributed by atoms with E-state index in [1.165, 1.54) is 43.9 Å². The van der Waals surface area contributed by atoms with Crippen LogP contribution >= 0.6 is 0 Å². The Kier molecular flexibility index (Phi) is 9.00. The summed E-state index contributed by atoms with van der Waals surface area (Å²) in [5.74, 6) is -0.954. The van der Waals surface area contributed by atoms with E-state index in [9.17, 15) is 18.5 Å². The lowest BCUT2D eigenvalue weighted by atomic mass is 9.99. The van der Waals surface area contributed by atoms with Gasteiger partial charge in [0.25, 0.3) is 0 Å². The number of carbonyl (C=O) groups is 2. The molecule has 1 aromatic heterocycles. The monoisotopic (exact) mass is 517 g/mol. The molecule has 0 radical (unpaired) electrons. The lowest BCUT2D eigenvalue weighted by Crippen LogP contribution is -2.34. The molecule has 0 fully saturated rings. The van der Waals surface area contributed by atoms with E-state index < -0.39 is 34.7 Å². The Balaban J connectivity index is 1.90. The van der Waals surface area contributed by atoms with Crippen LogP contribution in [0.15, 0.2) is 64.3 Å². The summed E-state index contributed by atoms with van der Waals surface area (Å²) in [6, 6.07) is 10.4. The van der Waals surface area contributed by atoms with Crippen molar-refractivity contribution in [1.82, 2.24) is 5.32 Å². The van der Waals surface area contributed by atoms with Gasteiger partial charge in [-0.3, -0.25) is 0 Å². The van der Waals surface area contributed by atoms with E-state index in [1.54, 1.807) is 39.0 Å². The first kappa shape index (κ1) is 27.1. The summed E-state index contributed by atoms with van der Waals surface area (Å²) in [6.07, 6.45) is 2.38. The van der Waals surface area contributed by atoms with Crippen LogP contribution in [-0.4, -0.2) is 42.5 Å². The summed E-state index contributed by atoms with van der Waals surface area (Å²) in [7, 11) is 1.24. The molecule has 36 heavy (non-hydrogen) atoms. The molecule has 1 atom stereocenters. The van der Waals surface area contributed by atoms with Crippen molar-refractivity contribution in [2.45, 2.75) is 37.0 Å². The van der Waals surface area contributed by atoms with Gasteiger partial charge in [0, 0.05) is 16.7 Å². The fraction of sp³-hybridized carbons (Fsp3) is 0.308. The smallest absolute Gasteiger partial charge is 0.407 e. The quantitative estimate of drug-likeness (QED) is 0.239. The van der Waals surface area contributed by atoms with Gasteiger partial charge in [0.15, 0.2) is 4.90 Å². The van der Waals surface area contributed by atoms with E-state index in [-0.39, 0.29) is 30.2 Å². The van der Waals surface area contributed by atoms with E-state index in [2.05, 4.69) is 5.32 Å². The third-order valence-electron chi connectivity index (χ3n) is 4.85. The van der Waals surface area contributed by atoms with Gasteiger partial charge in [-0.2, -0.15) is 0 Å². The van der Waals surface area contributed by atoms with E-state index in [4.69, 9.17) is 18.6 Å². The molecular weight excluding hydrogens is 489 g/mol. The van der Waals surface area contributed by atoms with Gasteiger partial charge in [0.1, 0.15) is 35.1 Å². The summed E-state index contributed by atoms with van der Waals surface area (Å²) in [4.78, 5) is 25.2. The minimum absolute atomic E-state index is 0.0125. The number of carbonyl (C=O) groups excluding carboxylic acids is 2. The fourth-order valence-corrected chi connectivity index (χ4v) is 4.43. The summed E-state index contributed by atoms with van der Waals surface area (Å²) in [5.41, 5.74) is 1.08. The van der Waals surface area contributed by atoms with Gasteiger partial charge in [-0.05, 0) is 62.3 Å². The number of ether oxygens (including phenoxy) is 3. The SMILES string of the molecule is COC(=O)c1c(C[S+]([O-])c2ccc(F)cc2)ccc(-c2ccoc2)c1OCCNC(=O)OC(C)(C)C. The molecule has 0 saturated carbocycles. The van der Waals surface area contributed by atoms with Crippen molar-refractivity contribution in [3.05, 3.63) is 71.9 Å².